The molecule has 2 heterocycles. The molecule has 2 fully saturated rings. The average Bonchev–Trinajstić information content (AvgIpc) is 2.39. The largest absolute Gasteiger partial charge is 0.371 e. The van der Waals surface area contributed by atoms with Gasteiger partial charge in [-0.05, 0) is 0 Å². The molecule has 0 aromatic rings. The maximum Gasteiger partial charge on any atom is 0.161 e. The van der Waals surface area contributed by atoms with E-state index < -0.39 is 5.72 Å². The summed E-state index contributed by atoms with van der Waals surface area (Å²) in [5.41, 5.74) is 10.9. The van der Waals surface area contributed by atoms with Gasteiger partial charge in [-0.15, -0.1) is 0 Å². The van der Waals surface area contributed by atoms with Gasteiger partial charge in [0.25, 0.3) is 0 Å². The maximum atomic E-state index is 5.90. The van der Waals surface area contributed by atoms with E-state index in [4.69, 9.17) is 20.9 Å². The number of fused-ring (bicyclic) bond motifs is 1. The minimum Gasteiger partial charge on any atom is -0.371 e. The molecule has 0 saturated carbocycles. The second-order valence-electron chi connectivity index (χ2n) is 3.04. The van der Waals surface area contributed by atoms with E-state index in [9.17, 15) is 0 Å². The van der Waals surface area contributed by atoms with Crippen LogP contribution in [0.25, 0.3) is 0 Å². The second kappa shape index (κ2) is 2.40. The Kier molecular flexibility index (Phi) is 1.73. The molecule has 4 N–H and O–H groups in total. The van der Waals surface area contributed by atoms with Gasteiger partial charge < -0.3 is 15.2 Å². The van der Waals surface area contributed by atoms with Gasteiger partial charge in [0.2, 0.25) is 0 Å². The average molecular weight is 223 g/mol. The molecule has 0 aliphatic carbocycles. The van der Waals surface area contributed by atoms with Crippen LogP contribution < -0.4 is 11.5 Å². The van der Waals surface area contributed by atoms with Gasteiger partial charge in [0.05, 0.1) is 24.1 Å². The fourth-order valence-corrected chi connectivity index (χ4v) is 2.26. The molecule has 2 aliphatic heterocycles. The number of rotatable bonds is 0. The zero-order valence-corrected chi connectivity index (χ0v) is 7.58. The Bertz CT molecular complexity index is 180. The van der Waals surface area contributed by atoms with Crippen molar-refractivity contribution in [2.24, 2.45) is 11.5 Å². The first-order valence-electron chi connectivity index (χ1n) is 3.58. The number of nitrogens with two attached hydrogens (primary N) is 2. The summed E-state index contributed by atoms with van der Waals surface area (Å²) in [4.78, 5) is 0.182. The highest BCUT2D eigenvalue weighted by Gasteiger charge is 2.55. The predicted octanol–water partition coefficient (Wildman–Crippen LogP) is -0.839. The lowest BCUT2D eigenvalue weighted by Gasteiger charge is -2.25. The molecule has 1 unspecified atom stereocenters. The topological polar surface area (TPSA) is 70.5 Å². The van der Waals surface area contributed by atoms with Gasteiger partial charge in [-0.1, -0.05) is 15.9 Å². The summed E-state index contributed by atoms with van der Waals surface area (Å²) >= 11 is 3.42. The van der Waals surface area contributed by atoms with Crippen LogP contribution >= 0.6 is 15.9 Å². The molecule has 0 aromatic heterocycles. The van der Waals surface area contributed by atoms with Crippen LogP contribution in [-0.2, 0) is 9.47 Å². The highest BCUT2D eigenvalue weighted by molar-refractivity contribution is 9.09. The van der Waals surface area contributed by atoms with Crippen molar-refractivity contribution in [1.82, 2.24) is 0 Å². The van der Waals surface area contributed by atoms with Crippen molar-refractivity contribution in [3.05, 3.63) is 0 Å². The van der Waals surface area contributed by atoms with Crippen molar-refractivity contribution in [1.29, 1.82) is 0 Å². The lowest BCUT2D eigenvalue weighted by Crippen LogP contribution is -2.58. The SMILES string of the molecule is NC1CO[C@@H]2[C@@H](Br)CO[C@]12N. The molecule has 5 heteroatoms. The number of alkyl halides is 1. The first-order chi connectivity index (χ1) is 5.14. The Balaban J connectivity index is 2.23. The van der Waals surface area contributed by atoms with E-state index in [1.807, 2.05) is 0 Å². The third kappa shape index (κ3) is 0.957. The second-order valence-corrected chi connectivity index (χ2v) is 4.22. The van der Waals surface area contributed by atoms with Gasteiger partial charge in [0.15, 0.2) is 5.72 Å². The molecule has 2 saturated heterocycles. The molecule has 4 nitrogen and oxygen atoms in total. The van der Waals surface area contributed by atoms with Crippen LogP contribution in [0.15, 0.2) is 0 Å². The fourth-order valence-electron chi connectivity index (χ4n) is 1.57. The first kappa shape index (κ1) is 7.94. The van der Waals surface area contributed by atoms with E-state index >= 15 is 0 Å². The van der Waals surface area contributed by atoms with Crippen LogP contribution in [0.1, 0.15) is 0 Å². The number of hydrogen-bond donors (Lipinski definition) is 2. The monoisotopic (exact) mass is 222 g/mol. The third-order valence-corrected chi connectivity index (χ3v) is 3.05. The Morgan fingerprint density at radius 1 is 1.45 bits per heavy atom. The number of halogens is 1. The van der Waals surface area contributed by atoms with E-state index in [0.29, 0.717) is 13.2 Å². The summed E-state index contributed by atoms with van der Waals surface area (Å²) in [6.45, 7) is 1.07. The maximum absolute atomic E-state index is 5.90. The number of ether oxygens (including phenoxy) is 2. The van der Waals surface area contributed by atoms with Crippen molar-refractivity contribution < 1.29 is 9.47 Å². The van der Waals surface area contributed by atoms with Crippen molar-refractivity contribution >= 4 is 15.9 Å². The molecule has 4 atom stereocenters. The molecule has 0 bridgehead atoms. The van der Waals surface area contributed by atoms with E-state index in [1.54, 1.807) is 0 Å². The molecule has 64 valence electrons. The van der Waals surface area contributed by atoms with E-state index in [0.717, 1.165) is 0 Å². The molecule has 0 amide bonds. The summed E-state index contributed by atoms with van der Waals surface area (Å²) in [6.07, 6.45) is -0.0856. The van der Waals surface area contributed by atoms with Crippen molar-refractivity contribution in [2.75, 3.05) is 13.2 Å². The Labute approximate surface area is 73.3 Å². The van der Waals surface area contributed by atoms with Crippen LogP contribution in [0.3, 0.4) is 0 Å². The number of hydrogen-bond acceptors (Lipinski definition) is 4. The molecule has 0 spiro atoms. The van der Waals surface area contributed by atoms with Crippen LogP contribution in [0, 0.1) is 0 Å². The fraction of sp³-hybridized carbons (Fsp3) is 1.00. The van der Waals surface area contributed by atoms with Gasteiger partial charge in [-0.2, -0.15) is 0 Å². The van der Waals surface area contributed by atoms with Gasteiger partial charge in [0.1, 0.15) is 6.10 Å². The molecule has 2 rings (SSSR count). The molecule has 11 heavy (non-hydrogen) atoms. The minimum absolute atomic E-state index is 0.0856. The summed E-state index contributed by atoms with van der Waals surface area (Å²) in [5, 5.41) is 0. The molecule has 0 aromatic carbocycles. The summed E-state index contributed by atoms with van der Waals surface area (Å²) in [6, 6.07) is -0.199. The van der Waals surface area contributed by atoms with Crippen molar-refractivity contribution in [3.63, 3.8) is 0 Å². The highest BCUT2D eigenvalue weighted by Crippen LogP contribution is 2.35. The smallest absolute Gasteiger partial charge is 0.161 e. The van der Waals surface area contributed by atoms with E-state index in [2.05, 4.69) is 15.9 Å². The van der Waals surface area contributed by atoms with Crippen LogP contribution in [0.5, 0.6) is 0 Å². The van der Waals surface area contributed by atoms with Gasteiger partial charge in [-0.25, -0.2) is 0 Å². The summed E-state index contributed by atoms with van der Waals surface area (Å²) in [7, 11) is 0. The zero-order chi connectivity index (χ0) is 8.06. The van der Waals surface area contributed by atoms with E-state index in [1.165, 1.54) is 0 Å². The molecule has 0 radical (unpaired) electrons. The Morgan fingerprint density at radius 3 is 2.82 bits per heavy atom. The normalized spacial score (nSPS) is 56.5. The molecular weight excluding hydrogens is 212 g/mol. The van der Waals surface area contributed by atoms with Crippen LogP contribution in [0.4, 0.5) is 0 Å². The van der Waals surface area contributed by atoms with Crippen LogP contribution in [-0.4, -0.2) is 35.9 Å². The Hall–Kier alpha value is 0.320. The van der Waals surface area contributed by atoms with Gasteiger partial charge >= 0.3 is 0 Å². The van der Waals surface area contributed by atoms with E-state index in [-0.39, 0.29) is 17.0 Å². The summed E-state index contributed by atoms with van der Waals surface area (Å²) < 4.78 is 10.8. The highest BCUT2D eigenvalue weighted by atomic mass is 79.9. The first-order valence-corrected chi connectivity index (χ1v) is 4.50. The zero-order valence-electron chi connectivity index (χ0n) is 6.00. The lowest BCUT2D eigenvalue weighted by atomic mass is 10.0. The standard InChI is InChI=1S/C6H11BrN2O2/c7-3-1-11-6(9)4(8)2-10-5(3)6/h3-5H,1-2,8-9H2/t3-,4?,5+,6+/m0/s1. The minimum atomic E-state index is -0.756. The lowest BCUT2D eigenvalue weighted by molar-refractivity contribution is -0.0224. The quantitative estimate of drug-likeness (QED) is 0.525. The molecular formula is C6H11BrN2O2. The Morgan fingerprint density at radius 2 is 2.18 bits per heavy atom. The van der Waals surface area contributed by atoms with Gasteiger partial charge in [0, 0.05) is 0 Å². The van der Waals surface area contributed by atoms with Gasteiger partial charge in [-0.3, -0.25) is 5.73 Å². The third-order valence-electron chi connectivity index (χ3n) is 2.30. The van der Waals surface area contributed by atoms with Crippen LogP contribution in [0.2, 0.25) is 0 Å². The van der Waals surface area contributed by atoms with Crippen molar-refractivity contribution in [2.45, 2.75) is 22.7 Å². The predicted molar refractivity (Wildman–Crippen MR) is 43.3 cm³/mol. The summed E-state index contributed by atoms with van der Waals surface area (Å²) in [5.74, 6) is 0. The molecule has 2 aliphatic rings. The van der Waals surface area contributed by atoms with Crippen molar-refractivity contribution in [3.8, 4) is 0 Å².